The van der Waals surface area contributed by atoms with E-state index in [1.807, 2.05) is 18.7 Å². The molecule has 1 unspecified atom stereocenters. The van der Waals surface area contributed by atoms with Crippen molar-refractivity contribution in [3.63, 3.8) is 0 Å². The third-order valence-corrected chi connectivity index (χ3v) is 5.35. The molecular weight excluding hydrogens is 330 g/mol. The Balaban J connectivity index is 1.70. The minimum atomic E-state index is 0.0949. The highest BCUT2D eigenvalue weighted by Crippen LogP contribution is 2.36. The van der Waals surface area contributed by atoms with Crippen molar-refractivity contribution < 1.29 is 13.7 Å². The molecule has 3 aromatic rings. The van der Waals surface area contributed by atoms with Crippen LogP contribution in [-0.2, 0) is 4.79 Å². The van der Waals surface area contributed by atoms with Gasteiger partial charge in [0.2, 0.25) is 5.91 Å². The number of likely N-dealkylation sites (tertiary alicyclic amines) is 1. The first-order chi connectivity index (χ1) is 12.5. The number of aromatic nitrogens is 2. The molecule has 1 aromatic carbocycles. The van der Waals surface area contributed by atoms with Crippen molar-refractivity contribution in [1.29, 1.82) is 0 Å². The molecule has 3 heterocycles. The molecule has 0 saturated carbocycles. The van der Waals surface area contributed by atoms with E-state index in [4.69, 9.17) is 8.94 Å². The summed E-state index contributed by atoms with van der Waals surface area (Å²) in [6.45, 7) is 9.18. The molecule has 1 aliphatic heterocycles. The fourth-order valence-electron chi connectivity index (χ4n) is 3.85. The Kier molecular flexibility index (Phi) is 4.05. The molecule has 6 heteroatoms. The summed E-state index contributed by atoms with van der Waals surface area (Å²) in [5.41, 5.74) is 4.15. The van der Waals surface area contributed by atoms with Crippen LogP contribution in [0.5, 0.6) is 0 Å². The third kappa shape index (κ3) is 2.69. The lowest BCUT2D eigenvalue weighted by molar-refractivity contribution is -0.130. The van der Waals surface area contributed by atoms with Gasteiger partial charge >= 0.3 is 0 Å². The van der Waals surface area contributed by atoms with Crippen LogP contribution in [0.25, 0.3) is 22.6 Å². The number of carbonyl (C=O) groups is 1. The predicted molar refractivity (Wildman–Crippen MR) is 97.9 cm³/mol. The Morgan fingerprint density at radius 1 is 1.23 bits per heavy atom. The summed E-state index contributed by atoms with van der Waals surface area (Å²) >= 11 is 0. The van der Waals surface area contributed by atoms with Crippen LogP contribution < -0.4 is 0 Å². The number of rotatable bonds is 2. The number of piperidine rings is 1. The average Bonchev–Trinajstić information content (AvgIpc) is 3.24. The number of hydrogen-bond acceptors (Lipinski definition) is 5. The van der Waals surface area contributed by atoms with Gasteiger partial charge in [-0.15, -0.1) is 0 Å². The van der Waals surface area contributed by atoms with Gasteiger partial charge in [0.1, 0.15) is 5.58 Å². The van der Waals surface area contributed by atoms with Crippen molar-refractivity contribution in [2.75, 3.05) is 13.1 Å². The molecule has 136 valence electrons. The third-order valence-electron chi connectivity index (χ3n) is 5.35. The van der Waals surface area contributed by atoms with E-state index in [0.717, 1.165) is 41.5 Å². The summed E-state index contributed by atoms with van der Waals surface area (Å²) < 4.78 is 11.6. The van der Waals surface area contributed by atoms with Gasteiger partial charge in [0.25, 0.3) is 5.89 Å². The molecule has 2 aromatic heterocycles. The quantitative estimate of drug-likeness (QED) is 0.692. The second-order valence-electron chi connectivity index (χ2n) is 7.22. The molecule has 1 aliphatic rings. The minimum Gasteiger partial charge on any atom is -0.450 e. The van der Waals surface area contributed by atoms with Crippen LogP contribution in [0.4, 0.5) is 0 Å². The number of hydrogen-bond donors (Lipinski definition) is 0. The van der Waals surface area contributed by atoms with Crippen molar-refractivity contribution in [1.82, 2.24) is 15.0 Å². The monoisotopic (exact) mass is 353 g/mol. The molecule has 0 aliphatic carbocycles. The maximum Gasteiger partial charge on any atom is 0.293 e. The molecule has 0 spiro atoms. The smallest absolute Gasteiger partial charge is 0.293 e. The number of fused-ring (bicyclic) bond motifs is 1. The van der Waals surface area contributed by atoms with Crippen molar-refractivity contribution in [3.05, 3.63) is 34.6 Å². The molecule has 0 radical (unpaired) electrons. The van der Waals surface area contributed by atoms with Crippen molar-refractivity contribution >= 4 is 16.9 Å². The molecule has 1 amide bonds. The Labute approximate surface area is 152 Å². The SMILES string of the molecule is CC(=O)N1CCCC(c2noc(-c3oc4c(C)ccc(C)c4c3C)n2)C1. The molecule has 1 atom stereocenters. The molecule has 1 fully saturated rings. The standard InChI is InChI=1S/C20H23N3O3/c1-11-7-8-12(2)17-16(11)13(3)18(25-17)20-21-19(22-26-20)15-6-5-9-23(10-15)14(4)24/h7-8,15H,5-6,9-10H2,1-4H3. The average molecular weight is 353 g/mol. The lowest BCUT2D eigenvalue weighted by atomic mass is 9.97. The maximum atomic E-state index is 11.7. The van der Waals surface area contributed by atoms with Gasteiger partial charge in [-0.3, -0.25) is 4.79 Å². The van der Waals surface area contributed by atoms with Gasteiger partial charge in [0.05, 0.1) is 0 Å². The fourth-order valence-corrected chi connectivity index (χ4v) is 3.85. The van der Waals surface area contributed by atoms with E-state index in [1.54, 1.807) is 6.92 Å². The van der Waals surface area contributed by atoms with Gasteiger partial charge in [-0.1, -0.05) is 17.3 Å². The first-order valence-corrected chi connectivity index (χ1v) is 9.04. The Morgan fingerprint density at radius 3 is 2.73 bits per heavy atom. The molecule has 1 saturated heterocycles. The van der Waals surface area contributed by atoms with Crippen molar-refractivity contribution in [2.24, 2.45) is 0 Å². The van der Waals surface area contributed by atoms with Gasteiger partial charge in [-0.2, -0.15) is 4.98 Å². The number of nitrogens with zero attached hydrogens (tertiary/aromatic N) is 3. The van der Waals surface area contributed by atoms with Crippen molar-refractivity contribution in [2.45, 2.75) is 46.5 Å². The van der Waals surface area contributed by atoms with Crippen LogP contribution in [0, 0.1) is 20.8 Å². The highest BCUT2D eigenvalue weighted by atomic mass is 16.5. The zero-order valence-electron chi connectivity index (χ0n) is 15.6. The number of carbonyl (C=O) groups excluding carboxylic acids is 1. The van der Waals surface area contributed by atoms with Crippen LogP contribution in [0.1, 0.15) is 48.2 Å². The second kappa shape index (κ2) is 6.27. The first-order valence-electron chi connectivity index (χ1n) is 9.04. The summed E-state index contributed by atoms with van der Waals surface area (Å²) in [4.78, 5) is 18.1. The Bertz CT molecular complexity index is 986. The molecule has 26 heavy (non-hydrogen) atoms. The lowest BCUT2D eigenvalue weighted by Gasteiger charge is -2.30. The largest absolute Gasteiger partial charge is 0.450 e. The zero-order chi connectivity index (χ0) is 18.4. The summed E-state index contributed by atoms with van der Waals surface area (Å²) in [6, 6.07) is 4.16. The van der Waals surface area contributed by atoms with Crippen LogP contribution in [0.15, 0.2) is 21.1 Å². The van der Waals surface area contributed by atoms with Crippen LogP contribution in [0.3, 0.4) is 0 Å². The first kappa shape index (κ1) is 16.8. The van der Waals surface area contributed by atoms with E-state index in [2.05, 4.69) is 29.2 Å². The molecule has 0 N–H and O–H groups in total. The minimum absolute atomic E-state index is 0.0949. The van der Waals surface area contributed by atoms with Gasteiger partial charge < -0.3 is 13.8 Å². The van der Waals surface area contributed by atoms with Gasteiger partial charge in [0, 0.05) is 36.9 Å². The van der Waals surface area contributed by atoms with E-state index >= 15 is 0 Å². The van der Waals surface area contributed by atoms with E-state index in [9.17, 15) is 4.79 Å². The van der Waals surface area contributed by atoms with E-state index in [1.165, 1.54) is 5.56 Å². The van der Waals surface area contributed by atoms with Crippen LogP contribution in [0.2, 0.25) is 0 Å². The Hall–Kier alpha value is -2.63. The predicted octanol–water partition coefficient (Wildman–Crippen LogP) is 4.13. The summed E-state index contributed by atoms with van der Waals surface area (Å²) in [5, 5.41) is 5.29. The lowest BCUT2D eigenvalue weighted by Crippen LogP contribution is -2.37. The molecular formula is C20H23N3O3. The Morgan fingerprint density at radius 2 is 2.00 bits per heavy atom. The highest BCUT2D eigenvalue weighted by molar-refractivity contribution is 5.91. The van der Waals surface area contributed by atoms with Gasteiger partial charge in [0.15, 0.2) is 11.6 Å². The number of amides is 1. The molecule has 6 nitrogen and oxygen atoms in total. The second-order valence-corrected chi connectivity index (χ2v) is 7.22. The van der Waals surface area contributed by atoms with Gasteiger partial charge in [-0.05, 0) is 44.7 Å². The molecule has 0 bridgehead atoms. The van der Waals surface area contributed by atoms with Crippen LogP contribution >= 0.6 is 0 Å². The topological polar surface area (TPSA) is 72.4 Å². The highest BCUT2D eigenvalue weighted by Gasteiger charge is 2.28. The van der Waals surface area contributed by atoms with Crippen molar-refractivity contribution in [3.8, 4) is 11.7 Å². The zero-order valence-corrected chi connectivity index (χ0v) is 15.6. The fraction of sp³-hybridized carbons (Fsp3) is 0.450. The van der Waals surface area contributed by atoms with E-state index in [0.29, 0.717) is 24.0 Å². The van der Waals surface area contributed by atoms with Gasteiger partial charge in [-0.25, -0.2) is 0 Å². The van der Waals surface area contributed by atoms with E-state index in [-0.39, 0.29) is 11.8 Å². The maximum absolute atomic E-state index is 11.7. The molecule has 4 rings (SSSR count). The number of aryl methyl sites for hydroxylation is 3. The summed E-state index contributed by atoms with van der Waals surface area (Å²) in [7, 11) is 0. The normalized spacial score (nSPS) is 17.8. The summed E-state index contributed by atoms with van der Waals surface area (Å²) in [5.74, 6) is 1.90. The van der Waals surface area contributed by atoms with E-state index < -0.39 is 0 Å². The summed E-state index contributed by atoms with van der Waals surface area (Å²) in [6.07, 6.45) is 1.91. The number of benzene rings is 1. The number of furan rings is 1. The van der Waals surface area contributed by atoms with Crippen LogP contribution in [-0.4, -0.2) is 34.0 Å².